The van der Waals surface area contributed by atoms with Crippen LogP contribution in [0.4, 0.5) is 17.1 Å². The maximum atomic E-state index is 12.3. The number of hydrogen-bond donors (Lipinski definition) is 1. The highest BCUT2D eigenvalue weighted by atomic mass is 32.2. The molecule has 1 saturated heterocycles. The molecule has 0 aliphatic carbocycles. The number of piperazine rings is 1. The van der Waals surface area contributed by atoms with Gasteiger partial charge in [-0.15, -0.1) is 0 Å². The zero-order chi connectivity index (χ0) is 20.3. The smallest absolute Gasteiger partial charge is 0.270 e. The molecule has 28 heavy (non-hydrogen) atoms. The van der Waals surface area contributed by atoms with Gasteiger partial charge < -0.3 is 10.2 Å². The number of anilines is 2. The van der Waals surface area contributed by atoms with E-state index in [0.29, 0.717) is 31.9 Å². The first-order valence-corrected chi connectivity index (χ1v) is 10.4. The Kier molecular flexibility index (Phi) is 5.61. The first-order valence-electron chi connectivity index (χ1n) is 8.60. The van der Waals surface area contributed by atoms with Crippen molar-refractivity contribution >= 4 is 33.0 Å². The Labute approximate surface area is 162 Å². The van der Waals surface area contributed by atoms with E-state index < -0.39 is 20.9 Å². The number of nitrogens with zero attached hydrogens (tertiary/aromatic N) is 3. The fraction of sp³-hybridized carbons (Fsp3) is 0.278. The largest absolute Gasteiger partial charge is 0.369 e. The van der Waals surface area contributed by atoms with E-state index in [9.17, 15) is 23.3 Å². The zero-order valence-electron chi connectivity index (χ0n) is 15.2. The molecule has 1 fully saturated rings. The van der Waals surface area contributed by atoms with E-state index in [1.54, 1.807) is 12.1 Å². The van der Waals surface area contributed by atoms with Crippen LogP contribution in [0.15, 0.2) is 48.5 Å². The van der Waals surface area contributed by atoms with Crippen LogP contribution in [0.3, 0.4) is 0 Å². The summed E-state index contributed by atoms with van der Waals surface area (Å²) in [6, 6.07) is 12.7. The molecule has 1 amide bonds. The fourth-order valence-electron chi connectivity index (χ4n) is 3.00. The van der Waals surface area contributed by atoms with Gasteiger partial charge >= 0.3 is 0 Å². The normalized spacial score (nSPS) is 15.2. The Morgan fingerprint density at radius 3 is 2.29 bits per heavy atom. The van der Waals surface area contributed by atoms with Gasteiger partial charge in [0.15, 0.2) is 0 Å². The Hall–Kier alpha value is -2.98. The van der Waals surface area contributed by atoms with Gasteiger partial charge in [0.05, 0.1) is 11.2 Å². The molecular weight excluding hydrogens is 384 g/mol. The number of nitrogens with one attached hydrogen (secondary N) is 1. The number of nitro benzene ring substituents is 1. The van der Waals surface area contributed by atoms with Crippen molar-refractivity contribution < 1.29 is 18.1 Å². The molecule has 0 saturated carbocycles. The van der Waals surface area contributed by atoms with Crippen LogP contribution in [-0.2, 0) is 10.0 Å². The summed E-state index contributed by atoms with van der Waals surface area (Å²) in [5, 5.41) is 13.5. The predicted molar refractivity (Wildman–Crippen MR) is 106 cm³/mol. The minimum Gasteiger partial charge on any atom is -0.369 e. The summed E-state index contributed by atoms with van der Waals surface area (Å²) in [7, 11) is -3.17. The second-order valence-corrected chi connectivity index (χ2v) is 8.44. The lowest BCUT2D eigenvalue weighted by atomic mass is 10.2. The van der Waals surface area contributed by atoms with Crippen LogP contribution in [0.25, 0.3) is 0 Å². The molecule has 0 aromatic heterocycles. The van der Waals surface area contributed by atoms with Crippen LogP contribution >= 0.6 is 0 Å². The topological polar surface area (TPSA) is 113 Å². The molecule has 10 heteroatoms. The van der Waals surface area contributed by atoms with E-state index >= 15 is 0 Å². The molecule has 1 N–H and O–H groups in total. The van der Waals surface area contributed by atoms with Crippen LogP contribution in [0.5, 0.6) is 0 Å². The third-order valence-electron chi connectivity index (χ3n) is 4.52. The van der Waals surface area contributed by atoms with Crippen molar-refractivity contribution in [1.82, 2.24) is 4.31 Å². The lowest BCUT2D eigenvalue weighted by Gasteiger charge is -2.34. The van der Waals surface area contributed by atoms with Gasteiger partial charge in [-0.1, -0.05) is 6.07 Å². The number of rotatable bonds is 5. The lowest BCUT2D eigenvalue weighted by Crippen LogP contribution is -2.48. The molecule has 0 unspecified atom stereocenters. The third-order valence-corrected chi connectivity index (χ3v) is 5.82. The summed E-state index contributed by atoms with van der Waals surface area (Å²) in [6.07, 6.45) is 1.21. The maximum absolute atomic E-state index is 12.3. The first kappa shape index (κ1) is 19.8. The third kappa shape index (κ3) is 4.65. The van der Waals surface area contributed by atoms with Crippen LogP contribution in [0.1, 0.15) is 10.4 Å². The predicted octanol–water partition coefficient (Wildman–Crippen LogP) is 1.93. The van der Waals surface area contributed by atoms with Crippen molar-refractivity contribution in [2.24, 2.45) is 0 Å². The maximum Gasteiger partial charge on any atom is 0.270 e. The quantitative estimate of drug-likeness (QED) is 0.602. The van der Waals surface area contributed by atoms with Crippen molar-refractivity contribution in [1.29, 1.82) is 0 Å². The van der Waals surface area contributed by atoms with Gasteiger partial charge in [-0.25, -0.2) is 8.42 Å². The van der Waals surface area contributed by atoms with Crippen molar-refractivity contribution in [3.8, 4) is 0 Å². The van der Waals surface area contributed by atoms with Crippen molar-refractivity contribution in [3.63, 3.8) is 0 Å². The van der Waals surface area contributed by atoms with E-state index in [1.165, 1.54) is 34.8 Å². The van der Waals surface area contributed by atoms with Gasteiger partial charge in [0.1, 0.15) is 0 Å². The minimum atomic E-state index is -3.17. The SMILES string of the molecule is CS(=O)(=O)N1CCN(c2ccc(NC(=O)c3cccc([N+](=O)[O-])c3)cc2)CC1. The number of carbonyl (C=O) groups excluding carboxylic acids is 1. The van der Waals surface area contributed by atoms with Crippen LogP contribution < -0.4 is 10.2 Å². The van der Waals surface area contributed by atoms with Gasteiger partial charge in [-0.2, -0.15) is 4.31 Å². The van der Waals surface area contributed by atoms with Gasteiger partial charge in [0.2, 0.25) is 10.0 Å². The molecule has 1 heterocycles. The molecule has 2 aromatic rings. The van der Waals surface area contributed by atoms with Crippen molar-refractivity contribution in [3.05, 3.63) is 64.2 Å². The molecule has 2 aromatic carbocycles. The monoisotopic (exact) mass is 404 g/mol. The highest BCUT2D eigenvalue weighted by Crippen LogP contribution is 2.21. The number of amides is 1. The molecule has 0 spiro atoms. The van der Waals surface area contributed by atoms with Gasteiger partial charge in [-0.05, 0) is 30.3 Å². The van der Waals surface area contributed by atoms with E-state index in [4.69, 9.17) is 0 Å². The van der Waals surface area contributed by atoms with Crippen LogP contribution in [0, 0.1) is 10.1 Å². The molecule has 3 rings (SSSR count). The van der Waals surface area contributed by atoms with Gasteiger partial charge in [0.25, 0.3) is 11.6 Å². The zero-order valence-corrected chi connectivity index (χ0v) is 16.1. The number of sulfonamides is 1. The Morgan fingerprint density at radius 2 is 1.71 bits per heavy atom. The Balaban J connectivity index is 1.63. The molecular formula is C18H20N4O5S. The second kappa shape index (κ2) is 7.95. The standard InChI is InChI=1S/C18H20N4O5S/c1-28(26,27)21-11-9-20(10-12-21)16-7-5-15(6-8-16)19-18(23)14-3-2-4-17(13-14)22(24)25/h2-8,13H,9-12H2,1H3,(H,19,23). The number of benzene rings is 2. The molecule has 0 atom stereocenters. The summed E-state index contributed by atoms with van der Waals surface area (Å²) in [5.74, 6) is -0.432. The fourth-order valence-corrected chi connectivity index (χ4v) is 3.82. The van der Waals surface area contributed by atoms with Crippen LogP contribution in [0.2, 0.25) is 0 Å². The number of non-ortho nitro benzene ring substituents is 1. The average molecular weight is 404 g/mol. The number of nitro groups is 1. The van der Waals surface area contributed by atoms with E-state index in [1.807, 2.05) is 12.1 Å². The molecule has 1 aliphatic heterocycles. The lowest BCUT2D eigenvalue weighted by molar-refractivity contribution is -0.384. The first-order chi connectivity index (χ1) is 13.2. The summed E-state index contributed by atoms with van der Waals surface area (Å²) >= 11 is 0. The summed E-state index contributed by atoms with van der Waals surface area (Å²) in [4.78, 5) is 24.7. The molecule has 0 bridgehead atoms. The molecule has 0 radical (unpaired) electrons. The average Bonchev–Trinajstić information content (AvgIpc) is 2.68. The Morgan fingerprint density at radius 1 is 1.07 bits per heavy atom. The van der Waals surface area contributed by atoms with Crippen LogP contribution in [-0.4, -0.2) is 56.0 Å². The summed E-state index contributed by atoms with van der Waals surface area (Å²) < 4.78 is 24.6. The van der Waals surface area contributed by atoms with E-state index in [2.05, 4.69) is 10.2 Å². The van der Waals surface area contributed by atoms with Gasteiger partial charge in [0, 0.05) is 55.2 Å². The highest BCUT2D eigenvalue weighted by Gasteiger charge is 2.23. The van der Waals surface area contributed by atoms with Gasteiger partial charge in [-0.3, -0.25) is 14.9 Å². The molecule has 9 nitrogen and oxygen atoms in total. The summed E-state index contributed by atoms with van der Waals surface area (Å²) in [5.41, 5.74) is 1.56. The van der Waals surface area contributed by atoms with E-state index in [0.717, 1.165) is 5.69 Å². The Bertz CT molecular complexity index is 983. The van der Waals surface area contributed by atoms with Crippen molar-refractivity contribution in [2.75, 3.05) is 42.7 Å². The van der Waals surface area contributed by atoms with Crippen molar-refractivity contribution in [2.45, 2.75) is 0 Å². The molecule has 148 valence electrons. The molecule has 1 aliphatic rings. The van der Waals surface area contributed by atoms with E-state index in [-0.39, 0.29) is 11.3 Å². The second-order valence-electron chi connectivity index (χ2n) is 6.46. The number of hydrogen-bond acceptors (Lipinski definition) is 6. The number of carbonyl (C=O) groups is 1. The summed E-state index contributed by atoms with van der Waals surface area (Å²) in [6.45, 7) is 2.05. The highest BCUT2D eigenvalue weighted by molar-refractivity contribution is 7.88. The minimum absolute atomic E-state index is 0.142.